The lowest BCUT2D eigenvalue weighted by atomic mass is 9.96. The van der Waals surface area contributed by atoms with Gasteiger partial charge < -0.3 is 30.2 Å². The quantitative estimate of drug-likeness (QED) is 0.323. The Morgan fingerprint density at radius 3 is 1.03 bits per heavy atom. The van der Waals surface area contributed by atoms with Gasteiger partial charge in [-0.25, -0.2) is 14.4 Å². The number of hydrogen-bond acceptors (Lipinski definition) is 7. The van der Waals surface area contributed by atoms with Crippen LogP contribution >= 0.6 is 0 Å². The largest absolute Gasteiger partial charge is 0.448 e. The Bertz CT molecular complexity index is 585. The van der Waals surface area contributed by atoms with Gasteiger partial charge in [0.05, 0.1) is 0 Å². The van der Waals surface area contributed by atoms with Crippen LogP contribution in [-0.4, -0.2) is 80.8 Å². The number of nitrogens with one attached hydrogen (secondary N) is 3. The lowest BCUT2D eigenvalue weighted by molar-refractivity contribution is 0.0863. The van der Waals surface area contributed by atoms with Crippen LogP contribution in [0.4, 0.5) is 14.4 Å². The Hall–Kier alpha value is -2.23. The van der Waals surface area contributed by atoms with E-state index in [2.05, 4.69) is 16.0 Å². The summed E-state index contributed by atoms with van der Waals surface area (Å²) in [6, 6.07) is 0.596. The molecule has 0 heterocycles. The molecular weight excluding hydrogens is 476 g/mol. The Morgan fingerprint density at radius 2 is 0.757 bits per heavy atom. The minimum Gasteiger partial charge on any atom is -0.448 e. The number of hydrogen-bond donors (Lipinski definition) is 3. The van der Waals surface area contributed by atoms with Crippen LogP contribution in [0.5, 0.6) is 0 Å². The van der Waals surface area contributed by atoms with E-state index in [0.717, 1.165) is 77.0 Å². The molecule has 0 saturated heterocycles. The summed E-state index contributed by atoms with van der Waals surface area (Å²) in [6.45, 7) is 2.00. The minimum absolute atomic E-state index is 0.199. The van der Waals surface area contributed by atoms with Gasteiger partial charge in [-0.3, -0.25) is 4.90 Å². The predicted octanol–water partition coefficient (Wildman–Crippen LogP) is 4.47. The molecule has 3 fully saturated rings. The lowest BCUT2D eigenvalue weighted by Crippen LogP contribution is -2.41. The molecule has 37 heavy (non-hydrogen) atoms. The van der Waals surface area contributed by atoms with Crippen molar-refractivity contribution in [2.24, 2.45) is 0 Å². The molecule has 212 valence electrons. The zero-order chi connectivity index (χ0) is 26.1. The third kappa shape index (κ3) is 12.7. The maximum atomic E-state index is 12.2. The second-order valence-corrected chi connectivity index (χ2v) is 10.7. The van der Waals surface area contributed by atoms with Crippen LogP contribution < -0.4 is 16.0 Å². The van der Waals surface area contributed by atoms with Crippen LogP contribution in [0, 0.1) is 0 Å². The third-order valence-electron chi connectivity index (χ3n) is 7.70. The Kier molecular flexibility index (Phi) is 13.7. The topological polar surface area (TPSA) is 118 Å². The summed E-state index contributed by atoms with van der Waals surface area (Å²) in [5.41, 5.74) is 0. The summed E-state index contributed by atoms with van der Waals surface area (Å²) < 4.78 is 16.2. The van der Waals surface area contributed by atoms with E-state index in [-0.39, 0.29) is 37.9 Å². The van der Waals surface area contributed by atoms with Gasteiger partial charge in [0.15, 0.2) is 0 Å². The molecule has 10 nitrogen and oxygen atoms in total. The predicted molar refractivity (Wildman–Crippen MR) is 141 cm³/mol. The van der Waals surface area contributed by atoms with Crippen molar-refractivity contribution in [2.45, 2.75) is 114 Å². The van der Waals surface area contributed by atoms with Crippen molar-refractivity contribution in [2.75, 3.05) is 39.5 Å². The summed E-state index contributed by atoms with van der Waals surface area (Å²) in [5.74, 6) is 0. The van der Waals surface area contributed by atoms with Gasteiger partial charge >= 0.3 is 18.3 Å². The maximum absolute atomic E-state index is 12.2. The Labute approximate surface area is 221 Å². The zero-order valence-electron chi connectivity index (χ0n) is 22.5. The molecule has 3 amide bonds. The fourth-order valence-corrected chi connectivity index (χ4v) is 5.50. The Balaban J connectivity index is 1.35. The zero-order valence-corrected chi connectivity index (χ0v) is 22.5. The van der Waals surface area contributed by atoms with Crippen LogP contribution in [0.2, 0.25) is 0 Å². The lowest BCUT2D eigenvalue weighted by Gasteiger charge is -2.25. The van der Waals surface area contributed by atoms with Crippen molar-refractivity contribution < 1.29 is 28.6 Å². The van der Waals surface area contributed by atoms with E-state index in [1.54, 1.807) is 0 Å². The number of rotatable bonds is 12. The van der Waals surface area contributed by atoms with E-state index < -0.39 is 18.3 Å². The van der Waals surface area contributed by atoms with Crippen molar-refractivity contribution in [3.8, 4) is 0 Å². The molecule has 3 aliphatic rings. The average Bonchev–Trinajstić information content (AvgIpc) is 2.90. The van der Waals surface area contributed by atoms with Gasteiger partial charge in [-0.2, -0.15) is 0 Å². The van der Waals surface area contributed by atoms with E-state index in [1.165, 1.54) is 19.3 Å². The number of carbonyl (C=O) groups excluding carboxylic acids is 3. The molecule has 0 aromatic carbocycles. The van der Waals surface area contributed by atoms with Gasteiger partial charge in [0.25, 0.3) is 0 Å². The standard InChI is InChI=1S/C27H48N4O6/c32-25(28-22-10-4-1-5-11-22)35-19-16-31(17-20-36-26(33)29-23-12-6-2-7-13-23)18-21-37-27(34)30-24-14-8-3-9-15-24/h22-24H,1-21H2,(H,28,32)(H,29,33)(H,30,34). The number of amides is 3. The van der Waals surface area contributed by atoms with Crippen molar-refractivity contribution in [3.63, 3.8) is 0 Å². The van der Waals surface area contributed by atoms with Crippen LogP contribution in [-0.2, 0) is 14.2 Å². The van der Waals surface area contributed by atoms with Gasteiger partial charge in [0, 0.05) is 37.8 Å². The van der Waals surface area contributed by atoms with Gasteiger partial charge in [0.1, 0.15) is 19.8 Å². The number of ether oxygens (including phenoxy) is 3. The van der Waals surface area contributed by atoms with E-state index >= 15 is 0 Å². The van der Waals surface area contributed by atoms with Gasteiger partial charge in [0.2, 0.25) is 0 Å². The molecule has 0 radical (unpaired) electrons. The SMILES string of the molecule is O=C(NC1CCCCC1)OCCN(CCOC(=O)NC1CCCCC1)CCOC(=O)NC1CCCCC1. The number of alkyl carbamates (subject to hydrolysis) is 3. The molecule has 0 aromatic heterocycles. The van der Waals surface area contributed by atoms with E-state index in [1.807, 2.05) is 4.90 Å². The van der Waals surface area contributed by atoms with Gasteiger partial charge in [-0.05, 0) is 38.5 Å². The van der Waals surface area contributed by atoms with Crippen LogP contribution in [0.25, 0.3) is 0 Å². The first-order valence-electron chi connectivity index (χ1n) is 14.6. The first-order valence-corrected chi connectivity index (χ1v) is 14.6. The first-order chi connectivity index (χ1) is 18.1. The summed E-state index contributed by atoms with van der Waals surface area (Å²) in [4.78, 5) is 38.5. The van der Waals surface area contributed by atoms with Crippen molar-refractivity contribution >= 4 is 18.3 Å². The fraction of sp³-hybridized carbons (Fsp3) is 0.889. The van der Waals surface area contributed by atoms with E-state index in [4.69, 9.17) is 14.2 Å². The fourth-order valence-electron chi connectivity index (χ4n) is 5.50. The maximum Gasteiger partial charge on any atom is 0.407 e. The minimum atomic E-state index is -0.391. The molecule has 0 unspecified atom stereocenters. The molecule has 3 saturated carbocycles. The van der Waals surface area contributed by atoms with Crippen molar-refractivity contribution in [1.29, 1.82) is 0 Å². The van der Waals surface area contributed by atoms with Gasteiger partial charge in [-0.15, -0.1) is 0 Å². The van der Waals surface area contributed by atoms with Crippen LogP contribution in [0.3, 0.4) is 0 Å². The molecule has 0 aliphatic heterocycles. The molecule has 10 heteroatoms. The highest BCUT2D eigenvalue weighted by Gasteiger charge is 2.19. The molecule has 0 bridgehead atoms. The van der Waals surface area contributed by atoms with Crippen molar-refractivity contribution in [1.82, 2.24) is 20.9 Å². The second-order valence-electron chi connectivity index (χ2n) is 10.7. The number of carbonyl (C=O) groups is 3. The molecular formula is C27H48N4O6. The third-order valence-corrected chi connectivity index (χ3v) is 7.70. The molecule has 3 rings (SSSR count). The summed E-state index contributed by atoms with van der Waals surface area (Å²) in [7, 11) is 0. The highest BCUT2D eigenvalue weighted by Crippen LogP contribution is 2.19. The molecule has 0 aromatic rings. The smallest absolute Gasteiger partial charge is 0.407 e. The molecule has 3 aliphatic carbocycles. The van der Waals surface area contributed by atoms with E-state index in [9.17, 15) is 14.4 Å². The Morgan fingerprint density at radius 1 is 0.486 bits per heavy atom. The second kappa shape index (κ2) is 17.3. The summed E-state index contributed by atoms with van der Waals surface area (Å²) in [6.07, 6.45) is 15.4. The molecule has 3 N–H and O–H groups in total. The highest BCUT2D eigenvalue weighted by atomic mass is 16.6. The van der Waals surface area contributed by atoms with Crippen molar-refractivity contribution in [3.05, 3.63) is 0 Å². The molecule has 0 atom stereocenters. The first kappa shape index (κ1) is 29.3. The average molecular weight is 525 g/mol. The van der Waals surface area contributed by atoms with E-state index in [0.29, 0.717) is 19.6 Å². The number of nitrogens with zero attached hydrogens (tertiary/aromatic N) is 1. The summed E-state index contributed by atoms with van der Waals surface area (Å²) in [5, 5.41) is 8.85. The summed E-state index contributed by atoms with van der Waals surface area (Å²) >= 11 is 0. The van der Waals surface area contributed by atoms with Crippen LogP contribution in [0.1, 0.15) is 96.3 Å². The monoisotopic (exact) mass is 524 g/mol. The van der Waals surface area contributed by atoms with Gasteiger partial charge in [-0.1, -0.05) is 57.8 Å². The highest BCUT2D eigenvalue weighted by molar-refractivity contribution is 5.68. The molecule has 0 spiro atoms. The van der Waals surface area contributed by atoms with Crippen LogP contribution in [0.15, 0.2) is 0 Å². The normalized spacial score (nSPS) is 19.7.